The molecule has 0 N–H and O–H groups in total. The highest BCUT2D eigenvalue weighted by atomic mass is 28.3. The van der Waals surface area contributed by atoms with Crippen molar-refractivity contribution in [1.82, 2.24) is 0 Å². The number of hydrogen-bond donors (Lipinski definition) is 0. The van der Waals surface area contributed by atoms with Crippen molar-refractivity contribution in [1.29, 1.82) is 0 Å². The average molecular weight is 154 g/mol. The fraction of sp³-hybridized carbons (Fsp3) is 0.778. The van der Waals surface area contributed by atoms with E-state index in [1.807, 2.05) is 5.20 Å². The Kier molecular flexibility index (Phi) is 1.79. The molecular weight excluding hydrogens is 136 g/mol. The molecule has 0 aromatic rings. The van der Waals surface area contributed by atoms with Gasteiger partial charge in [0.15, 0.2) is 0 Å². The molecule has 0 spiro atoms. The lowest BCUT2D eigenvalue weighted by Gasteiger charge is -2.36. The Morgan fingerprint density at radius 3 is 1.90 bits per heavy atom. The van der Waals surface area contributed by atoms with Gasteiger partial charge in [-0.2, -0.15) is 0 Å². The molecule has 0 aromatic heterocycles. The molecule has 1 aliphatic carbocycles. The van der Waals surface area contributed by atoms with Gasteiger partial charge < -0.3 is 0 Å². The Labute approximate surface area is 65.3 Å². The summed E-state index contributed by atoms with van der Waals surface area (Å²) in [7, 11) is -0.899. The fourth-order valence-electron chi connectivity index (χ4n) is 1.68. The third-order valence-electron chi connectivity index (χ3n) is 2.63. The van der Waals surface area contributed by atoms with E-state index >= 15 is 0 Å². The monoisotopic (exact) mass is 154 g/mol. The van der Waals surface area contributed by atoms with E-state index in [4.69, 9.17) is 0 Å². The standard InChI is InChI=1S/C9H18Si/c1-7-6-9(8(7)2)10(3,4)5/h7H,6H2,1-5H3. The molecule has 0 aliphatic heterocycles. The predicted molar refractivity (Wildman–Crippen MR) is 49.8 cm³/mol. The molecule has 0 aromatic carbocycles. The van der Waals surface area contributed by atoms with E-state index in [-0.39, 0.29) is 0 Å². The summed E-state index contributed by atoms with van der Waals surface area (Å²) >= 11 is 0. The maximum atomic E-state index is 2.44. The first-order valence-corrected chi connectivity index (χ1v) is 7.63. The van der Waals surface area contributed by atoms with Gasteiger partial charge in [0.1, 0.15) is 0 Å². The van der Waals surface area contributed by atoms with E-state index in [0.717, 1.165) is 5.92 Å². The highest BCUT2D eigenvalue weighted by molar-refractivity contribution is 6.83. The second-order valence-electron chi connectivity index (χ2n) is 4.52. The van der Waals surface area contributed by atoms with Crippen molar-refractivity contribution in [2.45, 2.75) is 39.9 Å². The normalized spacial score (nSPS) is 26.7. The fourth-order valence-corrected chi connectivity index (χ4v) is 4.03. The summed E-state index contributed by atoms with van der Waals surface area (Å²) in [6.07, 6.45) is 1.39. The minimum absolute atomic E-state index is 0.890. The van der Waals surface area contributed by atoms with Crippen LogP contribution >= 0.6 is 0 Å². The Bertz CT molecular complexity index is 172. The highest BCUT2D eigenvalue weighted by Crippen LogP contribution is 2.39. The van der Waals surface area contributed by atoms with E-state index in [1.54, 1.807) is 5.57 Å². The molecule has 0 saturated carbocycles. The second-order valence-corrected chi connectivity index (χ2v) is 9.62. The van der Waals surface area contributed by atoms with Gasteiger partial charge >= 0.3 is 0 Å². The third-order valence-corrected chi connectivity index (χ3v) is 5.04. The van der Waals surface area contributed by atoms with E-state index in [0.29, 0.717) is 0 Å². The Hall–Kier alpha value is -0.0431. The van der Waals surface area contributed by atoms with Crippen LogP contribution in [-0.4, -0.2) is 8.07 Å². The summed E-state index contributed by atoms with van der Waals surface area (Å²) < 4.78 is 0. The molecule has 0 amide bonds. The zero-order valence-electron chi connectivity index (χ0n) is 7.78. The maximum Gasteiger partial charge on any atom is 0.0724 e. The molecule has 0 bridgehead atoms. The Morgan fingerprint density at radius 1 is 1.30 bits per heavy atom. The van der Waals surface area contributed by atoms with Crippen LogP contribution in [0.4, 0.5) is 0 Å². The summed E-state index contributed by atoms with van der Waals surface area (Å²) in [6.45, 7) is 12.0. The van der Waals surface area contributed by atoms with Gasteiger partial charge in [0.05, 0.1) is 8.07 Å². The van der Waals surface area contributed by atoms with Crippen molar-refractivity contribution in [2.75, 3.05) is 0 Å². The number of hydrogen-bond acceptors (Lipinski definition) is 0. The summed E-state index contributed by atoms with van der Waals surface area (Å²) in [4.78, 5) is 0. The van der Waals surface area contributed by atoms with Crippen molar-refractivity contribution in [3.05, 3.63) is 10.8 Å². The van der Waals surface area contributed by atoms with Gasteiger partial charge in [-0.05, 0) is 19.3 Å². The molecule has 1 rings (SSSR count). The lowest BCUT2D eigenvalue weighted by atomic mass is 9.87. The van der Waals surface area contributed by atoms with Crippen LogP contribution in [0, 0.1) is 5.92 Å². The molecule has 58 valence electrons. The zero-order valence-corrected chi connectivity index (χ0v) is 8.78. The lowest BCUT2D eigenvalue weighted by Crippen LogP contribution is -2.33. The molecule has 1 unspecified atom stereocenters. The SMILES string of the molecule is CC1=C([Si](C)(C)C)CC1C. The van der Waals surface area contributed by atoms with Crippen LogP contribution in [0.2, 0.25) is 19.6 Å². The van der Waals surface area contributed by atoms with Gasteiger partial charge in [0.2, 0.25) is 0 Å². The van der Waals surface area contributed by atoms with Crippen LogP contribution < -0.4 is 0 Å². The summed E-state index contributed by atoms with van der Waals surface area (Å²) in [5, 5.41) is 1.82. The van der Waals surface area contributed by atoms with Crippen LogP contribution in [0.15, 0.2) is 10.8 Å². The average Bonchev–Trinajstić information content (AvgIpc) is 1.79. The highest BCUT2D eigenvalue weighted by Gasteiger charge is 2.31. The minimum Gasteiger partial charge on any atom is -0.0812 e. The van der Waals surface area contributed by atoms with Crippen molar-refractivity contribution in [3.63, 3.8) is 0 Å². The third kappa shape index (κ3) is 1.19. The van der Waals surface area contributed by atoms with Crippen molar-refractivity contribution in [2.24, 2.45) is 5.92 Å². The summed E-state index contributed by atoms with van der Waals surface area (Å²) in [5.74, 6) is 0.890. The van der Waals surface area contributed by atoms with Gasteiger partial charge in [-0.15, -0.1) is 0 Å². The van der Waals surface area contributed by atoms with Gasteiger partial charge in [-0.3, -0.25) is 0 Å². The largest absolute Gasteiger partial charge is 0.0812 e. The lowest BCUT2D eigenvalue weighted by molar-refractivity contribution is 0.605. The number of allylic oxidation sites excluding steroid dienone is 2. The molecule has 0 heterocycles. The minimum atomic E-state index is -0.899. The molecule has 0 saturated heterocycles. The molecule has 1 atom stereocenters. The van der Waals surface area contributed by atoms with E-state index in [1.165, 1.54) is 6.42 Å². The summed E-state index contributed by atoms with van der Waals surface area (Å²) in [6, 6.07) is 0. The van der Waals surface area contributed by atoms with Crippen molar-refractivity contribution >= 4 is 8.07 Å². The second kappa shape index (κ2) is 2.23. The first-order valence-electron chi connectivity index (χ1n) is 4.13. The maximum absolute atomic E-state index is 2.44. The van der Waals surface area contributed by atoms with Crippen LogP contribution in [0.25, 0.3) is 0 Å². The molecule has 10 heavy (non-hydrogen) atoms. The van der Waals surface area contributed by atoms with Crippen LogP contribution in [0.3, 0.4) is 0 Å². The predicted octanol–water partition coefficient (Wildman–Crippen LogP) is 3.22. The summed E-state index contributed by atoms with van der Waals surface area (Å²) in [5.41, 5.74) is 1.69. The quantitative estimate of drug-likeness (QED) is 0.509. The Morgan fingerprint density at radius 2 is 1.80 bits per heavy atom. The van der Waals surface area contributed by atoms with Crippen LogP contribution in [-0.2, 0) is 0 Å². The van der Waals surface area contributed by atoms with Crippen molar-refractivity contribution < 1.29 is 0 Å². The molecule has 1 heteroatoms. The van der Waals surface area contributed by atoms with E-state index < -0.39 is 8.07 Å². The zero-order chi connectivity index (χ0) is 7.94. The van der Waals surface area contributed by atoms with Gasteiger partial charge in [-0.25, -0.2) is 0 Å². The first kappa shape index (κ1) is 8.06. The van der Waals surface area contributed by atoms with E-state index in [2.05, 4.69) is 33.5 Å². The van der Waals surface area contributed by atoms with E-state index in [9.17, 15) is 0 Å². The molecule has 0 nitrogen and oxygen atoms in total. The van der Waals surface area contributed by atoms with Gasteiger partial charge in [0, 0.05) is 0 Å². The smallest absolute Gasteiger partial charge is 0.0724 e. The molecule has 0 radical (unpaired) electrons. The van der Waals surface area contributed by atoms with Crippen molar-refractivity contribution in [3.8, 4) is 0 Å². The molecule has 1 aliphatic rings. The van der Waals surface area contributed by atoms with Gasteiger partial charge in [0.25, 0.3) is 0 Å². The molecular formula is C9H18Si. The van der Waals surface area contributed by atoms with Crippen LogP contribution in [0.5, 0.6) is 0 Å². The first-order chi connectivity index (χ1) is 4.43. The Balaban J connectivity index is 2.79. The topological polar surface area (TPSA) is 0 Å². The number of rotatable bonds is 1. The molecule has 0 fully saturated rings. The van der Waals surface area contributed by atoms with Crippen LogP contribution in [0.1, 0.15) is 20.3 Å². The van der Waals surface area contributed by atoms with Gasteiger partial charge in [-0.1, -0.05) is 37.3 Å².